The highest BCUT2D eigenvalue weighted by atomic mass is 16.3. The predicted molar refractivity (Wildman–Crippen MR) is 34.9 cm³/mol. The third-order valence-electron chi connectivity index (χ3n) is 1.04. The molecule has 0 aliphatic rings. The molecule has 0 aliphatic heterocycles. The summed E-state index contributed by atoms with van der Waals surface area (Å²) >= 11 is 0. The van der Waals surface area contributed by atoms with Crippen LogP contribution >= 0.6 is 0 Å². The Balaban J connectivity index is 3.66. The molecule has 1 atom stereocenters. The van der Waals surface area contributed by atoms with Gasteiger partial charge in [0, 0.05) is 0 Å². The summed E-state index contributed by atoms with van der Waals surface area (Å²) in [5, 5.41) is 18.9. The van der Waals surface area contributed by atoms with Crippen molar-refractivity contribution in [3.63, 3.8) is 0 Å². The smallest absolute Gasteiger partial charge is 0.246 e. The number of amides is 1. The SMILES string of the molecule is CC[C@@H](C#N)NC(=O)CO. The van der Waals surface area contributed by atoms with Crippen molar-refractivity contribution in [1.29, 1.82) is 5.26 Å². The van der Waals surface area contributed by atoms with Crippen LogP contribution in [0.2, 0.25) is 0 Å². The van der Waals surface area contributed by atoms with Gasteiger partial charge in [-0.3, -0.25) is 4.79 Å². The van der Waals surface area contributed by atoms with Crippen LogP contribution in [0.4, 0.5) is 0 Å². The van der Waals surface area contributed by atoms with Crippen LogP contribution in [-0.2, 0) is 4.79 Å². The number of aliphatic hydroxyl groups excluding tert-OH is 1. The summed E-state index contributed by atoms with van der Waals surface area (Å²) in [7, 11) is 0. The number of carbonyl (C=O) groups excluding carboxylic acids is 1. The summed E-state index contributed by atoms with van der Waals surface area (Å²) in [5.41, 5.74) is 0. The summed E-state index contributed by atoms with van der Waals surface area (Å²) in [5.74, 6) is -0.506. The maximum atomic E-state index is 10.4. The molecule has 56 valence electrons. The number of carbonyl (C=O) groups is 1. The van der Waals surface area contributed by atoms with E-state index in [4.69, 9.17) is 10.4 Å². The molecule has 2 N–H and O–H groups in total. The van der Waals surface area contributed by atoms with Crippen molar-refractivity contribution >= 4 is 5.91 Å². The van der Waals surface area contributed by atoms with E-state index < -0.39 is 18.6 Å². The molecular weight excluding hydrogens is 132 g/mol. The molecule has 0 rings (SSSR count). The zero-order valence-electron chi connectivity index (χ0n) is 5.79. The van der Waals surface area contributed by atoms with Crippen molar-refractivity contribution in [1.82, 2.24) is 5.32 Å². The minimum atomic E-state index is -0.557. The standard InChI is InChI=1S/C6H10N2O2/c1-2-5(3-7)8-6(10)4-9/h5,9H,2,4H2,1H3,(H,8,10)/t5-/m0/s1. The van der Waals surface area contributed by atoms with E-state index in [-0.39, 0.29) is 0 Å². The van der Waals surface area contributed by atoms with Gasteiger partial charge in [0.05, 0.1) is 6.07 Å². The van der Waals surface area contributed by atoms with E-state index in [0.717, 1.165) is 0 Å². The molecule has 4 nitrogen and oxygen atoms in total. The van der Waals surface area contributed by atoms with Gasteiger partial charge in [-0.05, 0) is 6.42 Å². The van der Waals surface area contributed by atoms with Crippen molar-refractivity contribution in [2.75, 3.05) is 6.61 Å². The van der Waals surface area contributed by atoms with Crippen molar-refractivity contribution in [3.05, 3.63) is 0 Å². The van der Waals surface area contributed by atoms with Crippen LogP contribution < -0.4 is 5.32 Å². The second kappa shape index (κ2) is 4.77. The van der Waals surface area contributed by atoms with Gasteiger partial charge in [-0.25, -0.2) is 0 Å². The van der Waals surface area contributed by atoms with Gasteiger partial charge in [-0.2, -0.15) is 5.26 Å². The summed E-state index contributed by atoms with van der Waals surface area (Å²) in [6.45, 7) is 1.23. The van der Waals surface area contributed by atoms with Crippen molar-refractivity contribution < 1.29 is 9.90 Å². The zero-order chi connectivity index (χ0) is 7.98. The molecule has 0 aliphatic carbocycles. The van der Waals surface area contributed by atoms with Gasteiger partial charge in [-0.15, -0.1) is 0 Å². The molecule has 0 aromatic carbocycles. The van der Waals surface area contributed by atoms with Crippen LogP contribution in [0.25, 0.3) is 0 Å². The van der Waals surface area contributed by atoms with E-state index in [0.29, 0.717) is 6.42 Å². The fraction of sp³-hybridized carbons (Fsp3) is 0.667. The maximum Gasteiger partial charge on any atom is 0.246 e. The third kappa shape index (κ3) is 3.05. The largest absolute Gasteiger partial charge is 0.387 e. The highest BCUT2D eigenvalue weighted by Crippen LogP contribution is 1.86. The Morgan fingerprint density at radius 2 is 2.50 bits per heavy atom. The first-order valence-corrected chi connectivity index (χ1v) is 3.04. The summed E-state index contributed by atoms with van der Waals surface area (Å²) in [4.78, 5) is 10.4. The summed E-state index contributed by atoms with van der Waals surface area (Å²) in [6.07, 6.45) is 0.558. The minimum absolute atomic E-state index is 0.473. The lowest BCUT2D eigenvalue weighted by Crippen LogP contribution is -2.34. The fourth-order valence-corrected chi connectivity index (χ4v) is 0.466. The van der Waals surface area contributed by atoms with E-state index in [9.17, 15) is 4.79 Å². The average Bonchev–Trinajstić information content (AvgIpc) is 1.99. The molecule has 0 aromatic heterocycles. The molecule has 0 saturated carbocycles. The first kappa shape index (κ1) is 8.92. The van der Waals surface area contributed by atoms with Crippen LogP contribution in [0.15, 0.2) is 0 Å². The Morgan fingerprint density at radius 1 is 1.90 bits per heavy atom. The van der Waals surface area contributed by atoms with Crippen LogP contribution in [0.1, 0.15) is 13.3 Å². The quantitative estimate of drug-likeness (QED) is 0.552. The topological polar surface area (TPSA) is 73.1 Å². The van der Waals surface area contributed by atoms with Gasteiger partial charge in [0.1, 0.15) is 12.6 Å². The first-order chi connectivity index (χ1) is 4.74. The summed E-state index contributed by atoms with van der Waals surface area (Å²) < 4.78 is 0. The average molecular weight is 142 g/mol. The van der Waals surface area contributed by atoms with Gasteiger partial charge in [-0.1, -0.05) is 6.92 Å². The predicted octanol–water partition coefficient (Wildman–Crippen LogP) is -0.603. The van der Waals surface area contributed by atoms with Gasteiger partial charge in [0.2, 0.25) is 5.91 Å². The molecule has 0 radical (unpaired) electrons. The van der Waals surface area contributed by atoms with Gasteiger partial charge in [0.15, 0.2) is 0 Å². The van der Waals surface area contributed by atoms with Crippen LogP contribution in [0.3, 0.4) is 0 Å². The molecule has 4 heteroatoms. The third-order valence-corrected chi connectivity index (χ3v) is 1.04. The van der Waals surface area contributed by atoms with E-state index >= 15 is 0 Å². The molecule has 0 unspecified atom stereocenters. The van der Waals surface area contributed by atoms with Crippen molar-refractivity contribution in [3.8, 4) is 6.07 Å². The Hall–Kier alpha value is -1.08. The normalized spacial score (nSPS) is 11.7. The Labute approximate surface area is 59.5 Å². The number of hydrogen-bond donors (Lipinski definition) is 2. The van der Waals surface area contributed by atoms with E-state index in [1.807, 2.05) is 6.07 Å². The number of hydrogen-bond acceptors (Lipinski definition) is 3. The molecular formula is C6H10N2O2. The molecule has 0 spiro atoms. The number of nitriles is 1. The van der Waals surface area contributed by atoms with Crippen LogP contribution in [0.5, 0.6) is 0 Å². The van der Waals surface area contributed by atoms with Gasteiger partial charge >= 0.3 is 0 Å². The number of aliphatic hydroxyl groups is 1. The van der Waals surface area contributed by atoms with Crippen LogP contribution in [0, 0.1) is 11.3 Å². The Bertz CT molecular complexity index is 150. The Kier molecular flexibility index (Phi) is 4.25. The first-order valence-electron chi connectivity index (χ1n) is 3.04. The molecule has 10 heavy (non-hydrogen) atoms. The van der Waals surface area contributed by atoms with Crippen molar-refractivity contribution in [2.24, 2.45) is 0 Å². The van der Waals surface area contributed by atoms with Gasteiger partial charge in [0.25, 0.3) is 0 Å². The number of nitrogens with zero attached hydrogens (tertiary/aromatic N) is 1. The monoisotopic (exact) mass is 142 g/mol. The molecule has 0 heterocycles. The lowest BCUT2D eigenvalue weighted by molar-refractivity contribution is -0.124. The highest BCUT2D eigenvalue weighted by Gasteiger charge is 2.06. The second-order valence-electron chi connectivity index (χ2n) is 1.82. The van der Waals surface area contributed by atoms with E-state index in [1.54, 1.807) is 6.92 Å². The maximum absolute atomic E-state index is 10.4. The molecule has 0 saturated heterocycles. The number of nitrogens with one attached hydrogen (secondary N) is 1. The van der Waals surface area contributed by atoms with E-state index in [2.05, 4.69) is 5.32 Å². The fourth-order valence-electron chi connectivity index (χ4n) is 0.466. The van der Waals surface area contributed by atoms with Crippen molar-refractivity contribution in [2.45, 2.75) is 19.4 Å². The Morgan fingerprint density at radius 3 is 2.80 bits per heavy atom. The zero-order valence-corrected chi connectivity index (χ0v) is 5.79. The molecule has 0 bridgehead atoms. The van der Waals surface area contributed by atoms with E-state index in [1.165, 1.54) is 0 Å². The van der Waals surface area contributed by atoms with Gasteiger partial charge < -0.3 is 10.4 Å². The second-order valence-corrected chi connectivity index (χ2v) is 1.82. The summed E-state index contributed by atoms with van der Waals surface area (Å²) in [6, 6.07) is 1.40. The van der Waals surface area contributed by atoms with Crippen LogP contribution in [-0.4, -0.2) is 23.7 Å². The minimum Gasteiger partial charge on any atom is -0.387 e. The molecule has 0 fully saturated rings. The number of rotatable bonds is 3. The lowest BCUT2D eigenvalue weighted by Gasteiger charge is -2.05. The molecule has 1 amide bonds. The molecule has 0 aromatic rings. The lowest BCUT2D eigenvalue weighted by atomic mass is 10.2. The highest BCUT2D eigenvalue weighted by molar-refractivity contribution is 5.77.